The lowest BCUT2D eigenvalue weighted by atomic mass is 9.67. The zero-order valence-electron chi connectivity index (χ0n) is 12.2. The Balaban J connectivity index is 1.91. The molecule has 17 heavy (non-hydrogen) atoms. The molecule has 0 atom stereocenters. The van der Waals surface area contributed by atoms with Gasteiger partial charge in [-0.2, -0.15) is 0 Å². The summed E-state index contributed by atoms with van der Waals surface area (Å²) >= 11 is 0. The summed E-state index contributed by atoms with van der Waals surface area (Å²) in [5, 5.41) is 0. The van der Waals surface area contributed by atoms with Crippen LogP contribution in [0.3, 0.4) is 0 Å². The summed E-state index contributed by atoms with van der Waals surface area (Å²) in [6, 6.07) is 0.744. The van der Waals surface area contributed by atoms with Gasteiger partial charge in [-0.05, 0) is 64.0 Å². The van der Waals surface area contributed by atoms with Crippen molar-refractivity contribution in [2.45, 2.75) is 78.2 Å². The predicted molar refractivity (Wildman–Crippen MR) is 75.2 cm³/mol. The highest BCUT2D eigenvalue weighted by Gasteiger charge is 2.37. The maximum Gasteiger partial charge on any atom is 0.00385 e. The molecule has 0 radical (unpaired) electrons. The minimum absolute atomic E-state index is 0.662. The number of piperidine rings is 1. The lowest BCUT2D eigenvalue weighted by Crippen LogP contribution is -2.44. The van der Waals surface area contributed by atoms with Crippen LogP contribution in [0.2, 0.25) is 0 Å². The molecule has 1 saturated heterocycles. The Bertz CT molecular complexity index is 218. The fourth-order valence-corrected chi connectivity index (χ4v) is 3.94. The van der Waals surface area contributed by atoms with E-state index in [4.69, 9.17) is 0 Å². The van der Waals surface area contributed by atoms with Crippen LogP contribution in [0.5, 0.6) is 0 Å². The molecule has 2 rings (SSSR count). The van der Waals surface area contributed by atoms with Crippen molar-refractivity contribution >= 4 is 0 Å². The predicted octanol–water partition coefficient (Wildman–Crippen LogP) is 4.47. The van der Waals surface area contributed by atoms with Crippen LogP contribution in [0, 0.1) is 11.3 Å². The molecule has 0 N–H and O–H groups in total. The third kappa shape index (κ3) is 3.24. The van der Waals surface area contributed by atoms with Gasteiger partial charge in [0.1, 0.15) is 0 Å². The largest absolute Gasteiger partial charge is 0.301 e. The van der Waals surface area contributed by atoms with Crippen molar-refractivity contribution in [2.24, 2.45) is 11.3 Å². The first-order valence-electron chi connectivity index (χ1n) is 7.86. The van der Waals surface area contributed by atoms with Gasteiger partial charge in [0.05, 0.1) is 0 Å². The molecule has 0 aromatic rings. The van der Waals surface area contributed by atoms with Gasteiger partial charge in [-0.1, -0.05) is 32.6 Å². The Morgan fingerprint density at radius 3 is 1.94 bits per heavy atom. The molecule has 1 nitrogen and oxygen atoms in total. The first-order chi connectivity index (χ1) is 8.12. The van der Waals surface area contributed by atoms with Crippen molar-refractivity contribution < 1.29 is 0 Å². The molecule has 1 saturated carbocycles. The molecule has 2 fully saturated rings. The molecule has 0 amide bonds. The zero-order chi connectivity index (χ0) is 12.3. The van der Waals surface area contributed by atoms with E-state index in [0.717, 1.165) is 12.0 Å². The summed E-state index contributed by atoms with van der Waals surface area (Å²) in [6.45, 7) is 9.94. The standard InChI is InChI=1S/C16H31N/c1-14(2)17-12-10-16(3,11-13-17)15-8-6-4-5-7-9-15/h14-15H,4-13H2,1-3H3. The minimum Gasteiger partial charge on any atom is -0.301 e. The molecule has 0 bridgehead atoms. The Labute approximate surface area is 108 Å². The van der Waals surface area contributed by atoms with Crippen molar-refractivity contribution in [1.29, 1.82) is 0 Å². The second-order valence-electron chi connectivity index (χ2n) is 6.97. The quantitative estimate of drug-likeness (QED) is 0.641. The fourth-order valence-electron chi connectivity index (χ4n) is 3.94. The maximum atomic E-state index is 2.67. The molecule has 100 valence electrons. The number of nitrogens with zero attached hydrogens (tertiary/aromatic N) is 1. The van der Waals surface area contributed by atoms with Crippen LogP contribution in [0.25, 0.3) is 0 Å². The van der Waals surface area contributed by atoms with Gasteiger partial charge in [0.15, 0.2) is 0 Å². The number of likely N-dealkylation sites (tertiary alicyclic amines) is 1. The third-order valence-corrected chi connectivity index (χ3v) is 5.51. The summed E-state index contributed by atoms with van der Waals surface area (Å²) in [6.07, 6.45) is 11.9. The van der Waals surface area contributed by atoms with Crippen molar-refractivity contribution in [3.63, 3.8) is 0 Å². The molecule has 0 unspecified atom stereocenters. The van der Waals surface area contributed by atoms with Gasteiger partial charge in [-0.3, -0.25) is 0 Å². The molecular formula is C16H31N. The topological polar surface area (TPSA) is 3.24 Å². The SMILES string of the molecule is CC(C)N1CCC(C)(C2CCCCCC2)CC1. The van der Waals surface area contributed by atoms with Crippen LogP contribution >= 0.6 is 0 Å². The van der Waals surface area contributed by atoms with Gasteiger partial charge < -0.3 is 4.90 Å². The van der Waals surface area contributed by atoms with Crippen LogP contribution in [-0.4, -0.2) is 24.0 Å². The van der Waals surface area contributed by atoms with E-state index < -0.39 is 0 Å². The molecular weight excluding hydrogens is 206 g/mol. The molecule has 0 aromatic heterocycles. The third-order valence-electron chi connectivity index (χ3n) is 5.51. The molecule has 1 heterocycles. The highest BCUT2D eigenvalue weighted by Crippen LogP contribution is 2.44. The lowest BCUT2D eigenvalue weighted by molar-refractivity contribution is 0.0426. The normalized spacial score (nSPS) is 28.2. The molecule has 2 aliphatic rings. The van der Waals surface area contributed by atoms with Crippen LogP contribution in [0.4, 0.5) is 0 Å². The van der Waals surface area contributed by atoms with Crippen LogP contribution < -0.4 is 0 Å². The monoisotopic (exact) mass is 237 g/mol. The van der Waals surface area contributed by atoms with Crippen molar-refractivity contribution in [2.75, 3.05) is 13.1 Å². The summed E-state index contributed by atoms with van der Waals surface area (Å²) in [5.41, 5.74) is 0.662. The van der Waals surface area contributed by atoms with Crippen LogP contribution in [0.15, 0.2) is 0 Å². The van der Waals surface area contributed by atoms with E-state index >= 15 is 0 Å². The number of hydrogen-bond donors (Lipinski definition) is 0. The van der Waals surface area contributed by atoms with E-state index in [-0.39, 0.29) is 0 Å². The zero-order valence-corrected chi connectivity index (χ0v) is 12.2. The average molecular weight is 237 g/mol. The molecule has 1 heteroatoms. The summed E-state index contributed by atoms with van der Waals surface area (Å²) in [5.74, 6) is 1.03. The highest BCUT2D eigenvalue weighted by atomic mass is 15.2. The van der Waals surface area contributed by atoms with Gasteiger partial charge in [0.2, 0.25) is 0 Å². The second kappa shape index (κ2) is 5.73. The summed E-state index contributed by atoms with van der Waals surface area (Å²) < 4.78 is 0. The molecule has 1 aliphatic carbocycles. The number of hydrogen-bond acceptors (Lipinski definition) is 1. The van der Waals surface area contributed by atoms with E-state index in [9.17, 15) is 0 Å². The van der Waals surface area contributed by atoms with Gasteiger partial charge in [-0.25, -0.2) is 0 Å². The van der Waals surface area contributed by atoms with E-state index in [1.807, 2.05) is 0 Å². The Kier molecular flexibility index (Phi) is 4.52. The minimum atomic E-state index is 0.662. The van der Waals surface area contributed by atoms with Crippen LogP contribution in [-0.2, 0) is 0 Å². The Morgan fingerprint density at radius 2 is 1.47 bits per heavy atom. The molecule has 1 aliphatic heterocycles. The Hall–Kier alpha value is -0.0400. The van der Waals surface area contributed by atoms with Gasteiger partial charge in [0.25, 0.3) is 0 Å². The fraction of sp³-hybridized carbons (Fsp3) is 1.00. The maximum absolute atomic E-state index is 2.67. The van der Waals surface area contributed by atoms with Gasteiger partial charge in [-0.15, -0.1) is 0 Å². The second-order valence-corrected chi connectivity index (χ2v) is 6.97. The average Bonchev–Trinajstić information content (AvgIpc) is 2.58. The lowest BCUT2D eigenvalue weighted by Gasteiger charge is -2.45. The van der Waals surface area contributed by atoms with Crippen LogP contribution in [0.1, 0.15) is 72.1 Å². The number of rotatable bonds is 2. The van der Waals surface area contributed by atoms with E-state index in [2.05, 4.69) is 25.7 Å². The smallest absolute Gasteiger partial charge is 0.00385 e. The van der Waals surface area contributed by atoms with Gasteiger partial charge >= 0.3 is 0 Å². The van der Waals surface area contributed by atoms with Crippen molar-refractivity contribution in [3.8, 4) is 0 Å². The molecule has 0 spiro atoms. The highest BCUT2D eigenvalue weighted by molar-refractivity contribution is 4.89. The molecule has 0 aromatic carbocycles. The Morgan fingerprint density at radius 1 is 0.941 bits per heavy atom. The first kappa shape index (κ1) is 13.4. The van der Waals surface area contributed by atoms with E-state index in [1.54, 1.807) is 0 Å². The van der Waals surface area contributed by atoms with Crippen molar-refractivity contribution in [1.82, 2.24) is 4.90 Å². The van der Waals surface area contributed by atoms with Crippen molar-refractivity contribution in [3.05, 3.63) is 0 Å². The van der Waals surface area contributed by atoms with E-state index in [0.29, 0.717) is 5.41 Å². The summed E-state index contributed by atoms with van der Waals surface area (Å²) in [4.78, 5) is 2.67. The van der Waals surface area contributed by atoms with Gasteiger partial charge in [0, 0.05) is 6.04 Å². The first-order valence-corrected chi connectivity index (χ1v) is 7.86. The summed E-state index contributed by atoms with van der Waals surface area (Å²) in [7, 11) is 0. The van der Waals surface area contributed by atoms with E-state index in [1.165, 1.54) is 64.5 Å².